The van der Waals surface area contributed by atoms with E-state index >= 15 is 0 Å². The summed E-state index contributed by atoms with van der Waals surface area (Å²) in [5, 5.41) is 3.41. The molecule has 0 aromatic carbocycles. The van der Waals surface area contributed by atoms with Crippen molar-refractivity contribution in [1.29, 1.82) is 0 Å². The summed E-state index contributed by atoms with van der Waals surface area (Å²) in [5.41, 5.74) is 4.03. The largest absolute Gasteiger partial charge is 0.328 e. The van der Waals surface area contributed by atoms with Gasteiger partial charge in [-0.05, 0) is 51.1 Å². The van der Waals surface area contributed by atoms with Crippen LogP contribution in [-0.2, 0) is 19.4 Å². The van der Waals surface area contributed by atoms with E-state index in [-0.39, 0.29) is 0 Å². The number of fused-ring (bicyclic) bond motifs is 1. The first-order valence-corrected chi connectivity index (χ1v) is 7.14. The third-order valence-corrected chi connectivity index (χ3v) is 3.61. The summed E-state index contributed by atoms with van der Waals surface area (Å²) in [6.45, 7) is 11.4. The van der Waals surface area contributed by atoms with Crippen LogP contribution in [0, 0.1) is 6.92 Å². The Hall–Kier alpha value is -1.09. The first kappa shape index (κ1) is 13.3. The summed E-state index contributed by atoms with van der Waals surface area (Å²) in [6, 6.07) is 0. The van der Waals surface area contributed by atoms with E-state index in [1.807, 2.05) is 0 Å². The van der Waals surface area contributed by atoms with Gasteiger partial charge >= 0.3 is 0 Å². The van der Waals surface area contributed by atoms with Crippen molar-refractivity contribution in [1.82, 2.24) is 14.9 Å². The van der Waals surface area contributed by atoms with E-state index in [1.165, 1.54) is 42.6 Å². The molecule has 1 aromatic heterocycles. The van der Waals surface area contributed by atoms with Gasteiger partial charge in [0.1, 0.15) is 5.82 Å². The van der Waals surface area contributed by atoms with Crippen LogP contribution in [-0.4, -0.2) is 22.6 Å². The molecule has 0 aliphatic heterocycles. The highest BCUT2D eigenvalue weighted by Crippen LogP contribution is 2.22. The molecule has 3 nitrogen and oxygen atoms in total. The topological polar surface area (TPSA) is 29.9 Å². The first-order chi connectivity index (χ1) is 8.72. The van der Waals surface area contributed by atoms with Gasteiger partial charge in [-0.2, -0.15) is 0 Å². The summed E-state index contributed by atoms with van der Waals surface area (Å²) >= 11 is 0. The Bertz CT molecular complexity index is 418. The molecule has 18 heavy (non-hydrogen) atoms. The average molecular weight is 247 g/mol. The molecule has 3 heteroatoms. The molecule has 1 aliphatic carbocycles. The zero-order valence-electron chi connectivity index (χ0n) is 11.8. The molecule has 0 saturated heterocycles. The highest BCUT2D eigenvalue weighted by atomic mass is 15.1. The number of nitrogens with one attached hydrogen (secondary N) is 1. The van der Waals surface area contributed by atoms with E-state index in [0.717, 1.165) is 31.9 Å². The highest BCUT2D eigenvalue weighted by Gasteiger charge is 2.17. The zero-order valence-corrected chi connectivity index (χ0v) is 11.8. The lowest BCUT2D eigenvalue weighted by molar-refractivity contribution is 0.609. The third-order valence-electron chi connectivity index (χ3n) is 3.61. The minimum absolute atomic E-state index is 0.917. The second-order valence-electron chi connectivity index (χ2n) is 5.27. The van der Waals surface area contributed by atoms with Crippen molar-refractivity contribution in [2.45, 2.75) is 52.5 Å². The van der Waals surface area contributed by atoms with Gasteiger partial charge in [-0.3, -0.25) is 0 Å². The maximum absolute atomic E-state index is 4.70. The molecule has 0 saturated carbocycles. The van der Waals surface area contributed by atoms with Gasteiger partial charge in [0, 0.05) is 18.8 Å². The minimum atomic E-state index is 0.917. The van der Waals surface area contributed by atoms with Gasteiger partial charge in [0.2, 0.25) is 0 Å². The number of imidazole rings is 1. The van der Waals surface area contributed by atoms with Gasteiger partial charge in [0.25, 0.3) is 0 Å². The number of rotatable bonds is 6. The third kappa shape index (κ3) is 3.02. The van der Waals surface area contributed by atoms with Crippen LogP contribution in [0.2, 0.25) is 0 Å². The number of aryl methyl sites for hydroxylation is 2. The Kier molecular flexibility index (Phi) is 4.59. The van der Waals surface area contributed by atoms with Crippen LogP contribution < -0.4 is 5.32 Å². The van der Waals surface area contributed by atoms with E-state index in [0.29, 0.717) is 0 Å². The summed E-state index contributed by atoms with van der Waals surface area (Å²) < 4.78 is 2.37. The number of aromatic nitrogens is 2. The van der Waals surface area contributed by atoms with Gasteiger partial charge < -0.3 is 9.88 Å². The Labute approximate surface area is 110 Å². The van der Waals surface area contributed by atoms with Crippen molar-refractivity contribution in [2.75, 3.05) is 13.1 Å². The van der Waals surface area contributed by atoms with Gasteiger partial charge in [-0.1, -0.05) is 13.5 Å². The second-order valence-corrected chi connectivity index (χ2v) is 5.27. The average Bonchev–Trinajstić information content (AvgIpc) is 2.67. The summed E-state index contributed by atoms with van der Waals surface area (Å²) in [4.78, 5) is 4.70. The molecule has 1 aromatic rings. The van der Waals surface area contributed by atoms with Crippen molar-refractivity contribution in [2.24, 2.45) is 0 Å². The molecular formula is C15H25N3. The van der Waals surface area contributed by atoms with Crippen molar-refractivity contribution < 1.29 is 0 Å². The number of hydrogen-bond acceptors (Lipinski definition) is 2. The quantitative estimate of drug-likeness (QED) is 0.618. The SMILES string of the molecule is C=C(CNCCC)Cn1c(C)nc2c1CCCC2. The van der Waals surface area contributed by atoms with E-state index in [9.17, 15) is 0 Å². The maximum atomic E-state index is 4.70. The molecule has 0 amide bonds. The summed E-state index contributed by atoms with van der Waals surface area (Å²) in [6.07, 6.45) is 6.11. The Morgan fingerprint density at radius 3 is 2.94 bits per heavy atom. The molecule has 1 N–H and O–H groups in total. The fraction of sp³-hybridized carbons (Fsp3) is 0.667. The molecule has 0 unspecified atom stereocenters. The monoisotopic (exact) mass is 247 g/mol. The lowest BCUT2D eigenvalue weighted by atomic mass is 10.0. The molecule has 0 spiro atoms. The van der Waals surface area contributed by atoms with Gasteiger partial charge in [0.05, 0.1) is 5.69 Å². The van der Waals surface area contributed by atoms with Crippen LogP contribution in [0.5, 0.6) is 0 Å². The van der Waals surface area contributed by atoms with Crippen molar-refractivity contribution in [3.8, 4) is 0 Å². The van der Waals surface area contributed by atoms with Crippen molar-refractivity contribution >= 4 is 0 Å². The molecule has 0 fully saturated rings. The van der Waals surface area contributed by atoms with Gasteiger partial charge in [-0.25, -0.2) is 4.98 Å². The maximum Gasteiger partial charge on any atom is 0.106 e. The fourth-order valence-electron chi connectivity index (χ4n) is 2.67. The fourth-order valence-corrected chi connectivity index (χ4v) is 2.67. The first-order valence-electron chi connectivity index (χ1n) is 7.14. The highest BCUT2D eigenvalue weighted by molar-refractivity contribution is 5.21. The Morgan fingerprint density at radius 2 is 2.17 bits per heavy atom. The lowest BCUT2D eigenvalue weighted by Crippen LogP contribution is -2.20. The van der Waals surface area contributed by atoms with Gasteiger partial charge in [-0.15, -0.1) is 0 Å². The second kappa shape index (κ2) is 6.19. The molecule has 0 radical (unpaired) electrons. The number of nitrogens with zero attached hydrogens (tertiary/aromatic N) is 2. The summed E-state index contributed by atoms with van der Waals surface area (Å²) in [5.74, 6) is 1.15. The molecule has 1 aliphatic rings. The van der Waals surface area contributed by atoms with Crippen LogP contribution in [0.1, 0.15) is 43.4 Å². The number of hydrogen-bond donors (Lipinski definition) is 1. The van der Waals surface area contributed by atoms with Crippen molar-refractivity contribution in [3.05, 3.63) is 29.4 Å². The predicted octanol–water partition coefficient (Wildman–Crippen LogP) is 2.63. The standard InChI is InChI=1S/C15H25N3/c1-4-9-16-10-12(2)11-18-13(3)17-14-7-5-6-8-15(14)18/h16H,2,4-11H2,1,3H3. The molecule has 1 heterocycles. The van der Waals surface area contributed by atoms with E-state index < -0.39 is 0 Å². The van der Waals surface area contributed by atoms with Crippen LogP contribution in [0.25, 0.3) is 0 Å². The van der Waals surface area contributed by atoms with Crippen LogP contribution >= 0.6 is 0 Å². The molecule has 0 bridgehead atoms. The lowest BCUT2D eigenvalue weighted by Gasteiger charge is -2.16. The normalized spacial score (nSPS) is 14.6. The predicted molar refractivity (Wildman–Crippen MR) is 75.9 cm³/mol. The van der Waals surface area contributed by atoms with Crippen molar-refractivity contribution in [3.63, 3.8) is 0 Å². The van der Waals surface area contributed by atoms with Crippen LogP contribution in [0.15, 0.2) is 12.2 Å². The van der Waals surface area contributed by atoms with Crippen LogP contribution in [0.4, 0.5) is 0 Å². The van der Waals surface area contributed by atoms with Crippen LogP contribution in [0.3, 0.4) is 0 Å². The van der Waals surface area contributed by atoms with E-state index in [4.69, 9.17) is 4.98 Å². The van der Waals surface area contributed by atoms with E-state index in [1.54, 1.807) is 0 Å². The van der Waals surface area contributed by atoms with Gasteiger partial charge in [0.15, 0.2) is 0 Å². The molecule has 100 valence electrons. The minimum Gasteiger partial charge on any atom is -0.328 e. The smallest absolute Gasteiger partial charge is 0.106 e. The zero-order chi connectivity index (χ0) is 13.0. The molecule has 0 atom stereocenters. The Balaban J connectivity index is 2.00. The molecule has 2 rings (SSSR count). The Morgan fingerprint density at radius 1 is 1.39 bits per heavy atom. The molecular weight excluding hydrogens is 222 g/mol. The summed E-state index contributed by atoms with van der Waals surface area (Å²) in [7, 11) is 0. The van der Waals surface area contributed by atoms with E-state index in [2.05, 4.69) is 30.3 Å².